The Bertz CT molecular complexity index is 3070. The van der Waals surface area contributed by atoms with Gasteiger partial charge in [-0.3, -0.25) is 4.57 Å². The third-order valence-corrected chi connectivity index (χ3v) is 11.5. The molecule has 0 N–H and O–H groups in total. The fourth-order valence-electron chi connectivity index (χ4n) is 8.08. The minimum atomic E-state index is 0.902. The Kier molecular flexibility index (Phi) is 6.12. The molecule has 0 aliphatic carbocycles. The van der Waals surface area contributed by atoms with E-state index in [1.165, 1.54) is 64.0 Å². The van der Waals surface area contributed by atoms with E-state index < -0.39 is 0 Å². The zero-order valence-corrected chi connectivity index (χ0v) is 28.3. The molecule has 0 unspecified atom stereocenters. The summed E-state index contributed by atoms with van der Waals surface area (Å²) in [6.07, 6.45) is 0. The van der Waals surface area contributed by atoms with E-state index in [-0.39, 0.29) is 0 Å². The van der Waals surface area contributed by atoms with Crippen LogP contribution in [0.3, 0.4) is 0 Å². The molecule has 0 atom stereocenters. The molecule has 0 bridgehead atoms. The second-order valence-electron chi connectivity index (χ2n) is 13.2. The van der Waals surface area contributed by atoms with E-state index >= 15 is 0 Å². The van der Waals surface area contributed by atoms with Crippen molar-refractivity contribution in [1.29, 1.82) is 0 Å². The van der Waals surface area contributed by atoms with Gasteiger partial charge in [0, 0.05) is 53.0 Å². The molecular formula is C47H29N3S. The van der Waals surface area contributed by atoms with Crippen molar-refractivity contribution in [3.63, 3.8) is 0 Å². The zero-order valence-electron chi connectivity index (χ0n) is 27.5. The highest BCUT2D eigenvalue weighted by Gasteiger charge is 2.22. The van der Waals surface area contributed by atoms with Crippen LogP contribution in [0, 0.1) is 0 Å². The highest BCUT2D eigenvalue weighted by atomic mass is 32.1. The van der Waals surface area contributed by atoms with E-state index in [9.17, 15) is 0 Å². The van der Waals surface area contributed by atoms with Crippen LogP contribution >= 0.6 is 11.3 Å². The molecule has 7 aromatic carbocycles. The summed E-state index contributed by atoms with van der Waals surface area (Å²) in [5, 5.41) is 7.57. The summed E-state index contributed by atoms with van der Waals surface area (Å²) in [4.78, 5) is 5.37. The van der Waals surface area contributed by atoms with Crippen molar-refractivity contribution in [3.05, 3.63) is 176 Å². The Morgan fingerprint density at radius 2 is 0.941 bits per heavy atom. The van der Waals surface area contributed by atoms with Crippen LogP contribution in [0.15, 0.2) is 176 Å². The lowest BCUT2D eigenvalue weighted by molar-refractivity contribution is 1.08. The number of rotatable bonds is 4. The van der Waals surface area contributed by atoms with Gasteiger partial charge in [0.2, 0.25) is 0 Å². The van der Waals surface area contributed by atoms with E-state index in [2.05, 4.69) is 185 Å². The summed E-state index contributed by atoms with van der Waals surface area (Å²) in [5.41, 5.74) is 10.2. The smallest absolute Gasteiger partial charge is 0.138 e. The predicted octanol–water partition coefficient (Wildman–Crippen LogP) is 13.0. The minimum Gasteiger partial charge on any atom is -0.309 e. The number of nitrogens with zero attached hydrogens (tertiary/aromatic N) is 3. The minimum absolute atomic E-state index is 0.902. The maximum absolute atomic E-state index is 5.37. The van der Waals surface area contributed by atoms with Gasteiger partial charge in [0.25, 0.3) is 0 Å². The predicted molar refractivity (Wildman–Crippen MR) is 217 cm³/mol. The maximum atomic E-state index is 5.37. The van der Waals surface area contributed by atoms with Crippen LogP contribution in [0.25, 0.3) is 97.7 Å². The molecule has 0 radical (unpaired) electrons. The van der Waals surface area contributed by atoms with Gasteiger partial charge in [0.1, 0.15) is 5.82 Å². The molecule has 4 heteroatoms. The second kappa shape index (κ2) is 11.0. The van der Waals surface area contributed by atoms with Crippen molar-refractivity contribution < 1.29 is 0 Å². The number of hydrogen-bond donors (Lipinski definition) is 0. The summed E-state index contributed by atoms with van der Waals surface area (Å²) in [5.74, 6) is 0.902. The van der Waals surface area contributed by atoms with Gasteiger partial charge < -0.3 is 4.57 Å². The van der Waals surface area contributed by atoms with E-state index in [1.54, 1.807) is 0 Å². The number of pyridine rings is 1. The van der Waals surface area contributed by atoms with Crippen LogP contribution in [0.1, 0.15) is 0 Å². The number of hydrogen-bond acceptors (Lipinski definition) is 2. The SMILES string of the molecule is c1ccc(-c2cc(-c3ccccc3)nc(-n3c4ccccc4c4c5c6ccccc6n(-c6ccc7sc8ccccc8c7c6)c5ccc43)c2)cc1. The van der Waals surface area contributed by atoms with Crippen LogP contribution in [0.4, 0.5) is 0 Å². The molecular weight excluding hydrogens is 639 g/mol. The zero-order chi connectivity index (χ0) is 33.5. The lowest BCUT2D eigenvalue weighted by Crippen LogP contribution is -2.00. The van der Waals surface area contributed by atoms with Crippen molar-refractivity contribution in [3.8, 4) is 33.9 Å². The van der Waals surface area contributed by atoms with Crippen LogP contribution in [0.2, 0.25) is 0 Å². The summed E-state index contributed by atoms with van der Waals surface area (Å²) in [7, 11) is 0. The quantitative estimate of drug-likeness (QED) is 0.183. The molecule has 0 aliphatic heterocycles. The van der Waals surface area contributed by atoms with Crippen molar-refractivity contribution in [2.75, 3.05) is 0 Å². The van der Waals surface area contributed by atoms with Crippen molar-refractivity contribution in [1.82, 2.24) is 14.1 Å². The lowest BCUT2D eigenvalue weighted by Gasteiger charge is -2.13. The largest absolute Gasteiger partial charge is 0.309 e. The van der Waals surface area contributed by atoms with Crippen molar-refractivity contribution >= 4 is 75.1 Å². The molecule has 0 saturated carbocycles. The Balaban J connectivity index is 1.23. The van der Waals surface area contributed by atoms with E-state index in [0.29, 0.717) is 0 Å². The number of thiophene rings is 1. The van der Waals surface area contributed by atoms with Gasteiger partial charge >= 0.3 is 0 Å². The topological polar surface area (TPSA) is 22.8 Å². The molecule has 0 spiro atoms. The van der Waals surface area contributed by atoms with Crippen LogP contribution in [0.5, 0.6) is 0 Å². The van der Waals surface area contributed by atoms with Gasteiger partial charge in [-0.05, 0) is 71.8 Å². The number of para-hydroxylation sites is 2. The Morgan fingerprint density at radius 1 is 0.373 bits per heavy atom. The highest BCUT2D eigenvalue weighted by molar-refractivity contribution is 7.25. The molecule has 3 nitrogen and oxygen atoms in total. The average Bonchev–Trinajstić information content (AvgIpc) is 3.85. The average molecular weight is 668 g/mol. The molecule has 11 rings (SSSR count). The molecule has 0 saturated heterocycles. The standard InChI is InChI=1S/C47H29N3S/c1-3-13-30(14-4-1)32-27-38(31-15-5-2-6-16-31)48-45(28-32)50-40-21-11-8-19-36(40)47-42(50)25-24-41-46(47)35-18-7-10-20-39(35)49(41)33-23-26-44-37(29-33)34-17-9-12-22-43(34)51-44/h1-29H. The molecule has 0 aliphatic rings. The lowest BCUT2D eigenvalue weighted by atomic mass is 10.0. The van der Waals surface area contributed by atoms with Gasteiger partial charge in [0.05, 0.1) is 27.8 Å². The van der Waals surface area contributed by atoms with Crippen molar-refractivity contribution in [2.24, 2.45) is 0 Å². The van der Waals surface area contributed by atoms with Crippen LogP contribution < -0.4 is 0 Å². The van der Waals surface area contributed by atoms with E-state index in [4.69, 9.17) is 4.98 Å². The van der Waals surface area contributed by atoms with Gasteiger partial charge in [-0.25, -0.2) is 4.98 Å². The summed E-state index contributed by atoms with van der Waals surface area (Å²) < 4.78 is 7.44. The molecule has 4 heterocycles. The van der Waals surface area contributed by atoms with E-state index in [1.807, 2.05) is 11.3 Å². The van der Waals surface area contributed by atoms with Crippen molar-refractivity contribution in [2.45, 2.75) is 0 Å². The fraction of sp³-hybridized carbons (Fsp3) is 0. The molecule has 0 amide bonds. The highest BCUT2D eigenvalue weighted by Crippen LogP contribution is 2.43. The van der Waals surface area contributed by atoms with Gasteiger partial charge in [-0.1, -0.05) is 115 Å². The molecule has 238 valence electrons. The Hall–Kier alpha value is -6.49. The summed E-state index contributed by atoms with van der Waals surface area (Å²) in [6.45, 7) is 0. The molecule has 4 aromatic heterocycles. The molecule has 11 aromatic rings. The Morgan fingerprint density at radius 3 is 1.67 bits per heavy atom. The van der Waals surface area contributed by atoms with Gasteiger partial charge in [-0.15, -0.1) is 11.3 Å². The molecule has 0 fully saturated rings. The first-order valence-electron chi connectivity index (χ1n) is 17.3. The third kappa shape index (κ3) is 4.27. The molecule has 51 heavy (non-hydrogen) atoms. The fourth-order valence-corrected chi connectivity index (χ4v) is 9.17. The van der Waals surface area contributed by atoms with E-state index in [0.717, 1.165) is 33.7 Å². The first-order valence-corrected chi connectivity index (χ1v) is 18.1. The summed E-state index contributed by atoms with van der Waals surface area (Å²) in [6, 6.07) is 63.5. The number of fused-ring (bicyclic) bond motifs is 10. The maximum Gasteiger partial charge on any atom is 0.138 e. The first-order chi connectivity index (χ1) is 25.3. The monoisotopic (exact) mass is 667 g/mol. The van der Waals surface area contributed by atoms with Crippen LogP contribution in [-0.2, 0) is 0 Å². The Labute approximate surface area is 297 Å². The third-order valence-electron chi connectivity index (χ3n) is 10.3. The summed E-state index contributed by atoms with van der Waals surface area (Å²) >= 11 is 1.86. The normalized spacial score (nSPS) is 11.9. The number of benzene rings is 7. The van der Waals surface area contributed by atoms with Gasteiger partial charge in [-0.2, -0.15) is 0 Å². The van der Waals surface area contributed by atoms with Gasteiger partial charge in [0.15, 0.2) is 0 Å². The second-order valence-corrected chi connectivity index (χ2v) is 14.3. The number of aromatic nitrogens is 3. The first kappa shape index (κ1) is 28.4. The van der Waals surface area contributed by atoms with Crippen LogP contribution in [-0.4, -0.2) is 14.1 Å².